The molecule has 1 aromatic carbocycles. The van der Waals surface area contributed by atoms with Gasteiger partial charge in [0.1, 0.15) is 5.75 Å². The van der Waals surface area contributed by atoms with Crippen LogP contribution >= 0.6 is 11.8 Å². The standard InChI is InChI=1S/C10H10O2S/c1-6-10(11)8-4-3-7(12-2)5-9(8)13-6/h3-6H,1-2H3. The van der Waals surface area contributed by atoms with E-state index in [1.807, 2.05) is 25.1 Å². The zero-order valence-corrected chi connectivity index (χ0v) is 8.35. The normalized spacial score (nSPS) is 20.2. The van der Waals surface area contributed by atoms with Crippen LogP contribution < -0.4 is 4.74 Å². The number of benzene rings is 1. The lowest BCUT2D eigenvalue weighted by Crippen LogP contribution is -2.05. The molecule has 0 N–H and O–H groups in total. The molecule has 68 valence electrons. The topological polar surface area (TPSA) is 26.3 Å². The fourth-order valence-electron chi connectivity index (χ4n) is 1.39. The molecule has 0 fully saturated rings. The lowest BCUT2D eigenvalue weighted by Gasteiger charge is -2.00. The van der Waals surface area contributed by atoms with Crippen LogP contribution in [-0.2, 0) is 0 Å². The number of ketones is 1. The summed E-state index contributed by atoms with van der Waals surface area (Å²) in [6.45, 7) is 1.93. The Morgan fingerprint density at radius 1 is 1.46 bits per heavy atom. The molecule has 0 spiro atoms. The van der Waals surface area contributed by atoms with Crippen LogP contribution in [0.1, 0.15) is 17.3 Å². The summed E-state index contributed by atoms with van der Waals surface area (Å²) in [5.41, 5.74) is 0.832. The SMILES string of the molecule is COc1ccc2c(c1)SC(C)C2=O. The Balaban J connectivity index is 2.46. The molecule has 1 aromatic rings. The monoisotopic (exact) mass is 194 g/mol. The van der Waals surface area contributed by atoms with E-state index in [4.69, 9.17) is 4.74 Å². The average molecular weight is 194 g/mol. The summed E-state index contributed by atoms with van der Waals surface area (Å²) in [6, 6.07) is 5.59. The van der Waals surface area contributed by atoms with Crippen LogP contribution in [0.5, 0.6) is 5.75 Å². The second-order valence-electron chi connectivity index (χ2n) is 2.99. The maximum Gasteiger partial charge on any atom is 0.177 e. The quantitative estimate of drug-likeness (QED) is 0.686. The number of hydrogen-bond donors (Lipinski definition) is 0. The number of methoxy groups -OCH3 is 1. The number of carbonyl (C=O) groups excluding carboxylic acids is 1. The molecule has 1 aliphatic heterocycles. The fourth-order valence-corrected chi connectivity index (χ4v) is 2.49. The highest BCUT2D eigenvalue weighted by atomic mass is 32.2. The van der Waals surface area contributed by atoms with Crippen molar-refractivity contribution in [2.24, 2.45) is 0 Å². The first kappa shape index (κ1) is 8.63. The van der Waals surface area contributed by atoms with Crippen LogP contribution in [0.15, 0.2) is 23.1 Å². The molecule has 3 heteroatoms. The van der Waals surface area contributed by atoms with E-state index in [1.54, 1.807) is 18.9 Å². The summed E-state index contributed by atoms with van der Waals surface area (Å²) in [5, 5.41) is 0.0575. The number of rotatable bonds is 1. The van der Waals surface area contributed by atoms with Crippen molar-refractivity contribution in [2.45, 2.75) is 17.1 Å². The van der Waals surface area contributed by atoms with Crippen LogP contribution in [0.4, 0.5) is 0 Å². The van der Waals surface area contributed by atoms with E-state index in [0.29, 0.717) is 0 Å². The predicted octanol–water partition coefficient (Wildman–Crippen LogP) is 2.37. The van der Waals surface area contributed by atoms with Crippen LogP contribution in [-0.4, -0.2) is 18.1 Å². The van der Waals surface area contributed by atoms with Crippen molar-refractivity contribution in [1.29, 1.82) is 0 Å². The number of hydrogen-bond acceptors (Lipinski definition) is 3. The first-order chi connectivity index (χ1) is 6.22. The number of thioether (sulfide) groups is 1. The molecule has 1 heterocycles. The zero-order chi connectivity index (χ0) is 9.42. The van der Waals surface area contributed by atoms with Crippen LogP contribution in [0.25, 0.3) is 0 Å². The number of carbonyl (C=O) groups is 1. The molecule has 1 atom stereocenters. The molecule has 1 aliphatic rings. The summed E-state index contributed by atoms with van der Waals surface area (Å²) >= 11 is 1.60. The lowest BCUT2D eigenvalue weighted by molar-refractivity contribution is 0.0996. The van der Waals surface area contributed by atoms with E-state index >= 15 is 0 Å². The molecule has 0 amide bonds. The molecule has 2 rings (SSSR count). The molecule has 0 saturated heterocycles. The van der Waals surface area contributed by atoms with Crippen molar-refractivity contribution in [3.05, 3.63) is 23.8 Å². The van der Waals surface area contributed by atoms with E-state index in [9.17, 15) is 4.79 Å². The summed E-state index contributed by atoms with van der Waals surface area (Å²) in [5.74, 6) is 1.04. The minimum Gasteiger partial charge on any atom is -0.497 e. The van der Waals surface area contributed by atoms with Crippen LogP contribution in [0.3, 0.4) is 0 Å². The van der Waals surface area contributed by atoms with Gasteiger partial charge in [-0.1, -0.05) is 0 Å². The molecule has 0 aliphatic carbocycles. The van der Waals surface area contributed by atoms with Gasteiger partial charge in [0.25, 0.3) is 0 Å². The number of fused-ring (bicyclic) bond motifs is 1. The first-order valence-corrected chi connectivity index (χ1v) is 4.99. The van der Waals surface area contributed by atoms with Gasteiger partial charge < -0.3 is 4.74 Å². The van der Waals surface area contributed by atoms with Gasteiger partial charge in [0.15, 0.2) is 5.78 Å². The Kier molecular flexibility index (Phi) is 2.04. The molecule has 13 heavy (non-hydrogen) atoms. The minimum absolute atomic E-state index is 0.0575. The van der Waals surface area contributed by atoms with Gasteiger partial charge in [0.2, 0.25) is 0 Å². The molecule has 0 aromatic heterocycles. The van der Waals surface area contributed by atoms with Crippen molar-refractivity contribution in [3.8, 4) is 5.75 Å². The highest BCUT2D eigenvalue weighted by molar-refractivity contribution is 8.01. The van der Waals surface area contributed by atoms with Crippen molar-refractivity contribution >= 4 is 17.5 Å². The summed E-state index contributed by atoms with van der Waals surface area (Å²) in [6.07, 6.45) is 0. The van der Waals surface area contributed by atoms with Gasteiger partial charge in [-0.2, -0.15) is 0 Å². The van der Waals surface area contributed by atoms with Gasteiger partial charge >= 0.3 is 0 Å². The maximum absolute atomic E-state index is 11.5. The molecule has 1 unspecified atom stereocenters. The molecule has 0 saturated carbocycles. The van der Waals surface area contributed by atoms with E-state index < -0.39 is 0 Å². The Morgan fingerprint density at radius 2 is 2.23 bits per heavy atom. The second-order valence-corrected chi connectivity index (χ2v) is 4.37. The summed E-state index contributed by atoms with van der Waals surface area (Å²) in [7, 11) is 1.63. The van der Waals surface area contributed by atoms with Crippen molar-refractivity contribution in [1.82, 2.24) is 0 Å². The fraction of sp³-hybridized carbons (Fsp3) is 0.300. The van der Waals surface area contributed by atoms with E-state index in [2.05, 4.69) is 0 Å². The molecule has 0 bridgehead atoms. The van der Waals surface area contributed by atoms with Crippen molar-refractivity contribution < 1.29 is 9.53 Å². The Morgan fingerprint density at radius 3 is 2.92 bits per heavy atom. The third kappa shape index (κ3) is 1.33. The third-order valence-electron chi connectivity index (χ3n) is 2.13. The van der Waals surface area contributed by atoms with E-state index in [1.165, 1.54) is 0 Å². The third-order valence-corrected chi connectivity index (χ3v) is 3.29. The minimum atomic E-state index is 0.0575. The van der Waals surface area contributed by atoms with Crippen LogP contribution in [0, 0.1) is 0 Å². The molecular formula is C10H10O2S. The largest absolute Gasteiger partial charge is 0.497 e. The van der Waals surface area contributed by atoms with Gasteiger partial charge in [-0.15, -0.1) is 11.8 Å². The predicted molar refractivity (Wildman–Crippen MR) is 52.6 cm³/mol. The second kappa shape index (κ2) is 3.07. The summed E-state index contributed by atoms with van der Waals surface area (Å²) < 4.78 is 5.09. The van der Waals surface area contributed by atoms with E-state index in [0.717, 1.165) is 16.2 Å². The van der Waals surface area contributed by atoms with Crippen molar-refractivity contribution in [2.75, 3.05) is 7.11 Å². The Labute approximate surface area is 81.3 Å². The smallest absolute Gasteiger partial charge is 0.177 e. The number of Topliss-reactive ketones (excluding diaryl/α,β-unsaturated/α-hetero) is 1. The Hall–Kier alpha value is -0.960. The maximum atomic E-state index is 11.5. The van der Waals surface area contributed by atoms with Gasteiger partial charge in [0, 0.05) is 10.5 Å². The summed E-state index contributed by atoms with van der Waals surface area (Å²) in [4.78, 5) is 12.6. The number of ether oxygens (including phenoxy) is 1. The zero-order valence-electron chi connectivity index (χ0n) is 7.53. The van der Waals surface area contributed by atoms with Gasteiger partial charge in [0.05, 0.1) is 12.4 Å². The van der Waals surface area contributed by atoms with Gasteiger partial charge in [-0.05, 0) is 25.1 Å². The highest BCUT2D eigenvalue weighted by Gasteiger charge is 2.27. The highest BCUT2D eigenvalue weighted by Crippen LogP contribution is 2.38. The van der Waals surface area contributed by atoms with Gasteiger partial charge in [-0.3, -0.25) is 4.79 Å². The Bertz CT molecular complexity index is 360. The average Bonchev–Trinajstić information content (AvgIpc) is 2.42. The molecule has 2 nitrogen and oxygen atoms in total. The van der Waals surface area contributed by atoms with Gasteiger partial charge in [-0.25, -0.2) is 0 Å². The van der Waals surface area contributed by atoms with Crippen LogP contribution in [0.2, 0.25) is 0 Å². The molecular weight excluding hydrogens is 184 g/mol. The van der Waals surface area contributed by atoms with Crippen molar-refractivity contribution in [3.63, 3.8) is 0 Å². The first-order valence-electron chi connectivity index (χ1n) is 4.11. The lowest BCUT2D eigenvalue weighted by atomic mass is 10.1. The van der Waals surface area contributed by atoms with E-state index in [-0.39, 0.29) is 11.0 Å². The molecule has 0 radical (unpaired) electrons.